The van der Waals surface area contributed by atoms with E-state index < -0.39 is 0 Å². The first-order chi connectivity index (χ1) is 26.1. The number of allylic oxidation sites excluding steroid dienone is 2. The topological polar surface area (TPSA) is 50.2 Å². The van der Waals surface area contributed by atoms with Gasteiger partial charge in [0.1, 0.15) is 11.2 Å². The first-order valence-corrected chi connectivity index (χ1v) is 18.1. The summed E-state index contributed by atoms with van der Waals surface area (Å²) in [6.45, 7) is 6.74. The molecule has 0 saturated heterocycles. The lowest BCUT2D eigenvalue weighted by Crippen LogP contribution is -2.09. The zero-order valence-electron chi connectivity index (χ0n) is 29.5. The molecule has 4 heteroatoms. The van der Waals surface area contributed by atoms with Crippen LogP contribution in [0.25, 0.3) is 65.7 Å². The van der Waals surface area contributed by atoms with Crippen LogP contribution in [-0.4, -0.2) is 18.4 Å². The number of rotatable bonds is 6. The summed E-state index contributed by atoms with van der Waals surface area (Å²) in [5.41, 5.74) is 9.22. The average molecular weight is 684 g/mol. The Kier molecular flexibility index (Phi) is 8.41. The Morgan fingerprint density at radius 3 is 2.23 bits per heavy atom. The predicted molar refractivity (Wildman–Crippen MR) is 224 cm³/mol. The highest BCUT2D eigenvalue weighted by Gasteiger charge is 2.19. The highest BCUT2D eigenvalue weighted by Crippen LogP contribution is 2.43. The second-order valence-corrected chi connectivity index (χ2v) is 13.7. The molecule has 0 N–H and O–H groups in total. The first-order valence-electron chi connectivity index (χ1n) is 18.1. The largest absolute Gasteiger partial charge is 0.456 e. The number of fused-ring (bicyclic) bond motifs is 5. The van der Waals surface area contributed by atoms with Crippen molar-refractivity contribution >= 4 is 61.9 Å². The van der Waals surface area contributed by atoms with Crippen molar-refractivity contribution in [3.63, 3.8) is 0 Å². The second-order valence-electron chi connectivity index (χ2n) is 13.7. The Balaban J connectivity index is 1.22. The third-order valence-corrected chi connectivity index (χ3v) is 10.2. The van der Waals surface area contributed by atoms with Gasteiger partial charge in [-0.05, 0) is 98.8 Å². The van der Waals surface area contributed by atoms with Gasteiger partial charge < -0.3 is 4.42 Å². The van der Waals surface area contributed by atoms with Gasteiger partial charge >= 0.3 is 0 Å². The smallest absolute Gasteiger partial charge is 0.161 e. The molecule has 0 saturated carbocycles. The van der Waals surface area contributed by atoms with Gasteiger partial charge in [-0.2, -0.15) is 0 Å². The van der Waals surface area contributed by atoms with Crippen LogP contribution in [-0.2, 0) is 6.54 Å². The van der Waals surface area contributed by atoms with Crippen LogP contribution in [0.2, 0.25) is 0 Å². The number of aliphatic imine (C=N–C) groups is 3. The fourth-order valence-corrected chi connectivity index (χ4v) is 7.45. The Morgan fingerprint density at radius 2 is 1.42 bits per heavy atom. The van der Waals surface area contributed by atoms with E-state index in [0.29, 0.717) is 24.1 Å². The fraction of sp³-hybridized carbons (Fsp3) is 0.0816. The van der Waals surface area contributed by atoms with Gasteiger partial charge in [0.05, 0.1) is 6.54 Å². The molecular formula is C49H37N3O. The Bertz CT molecular complexity index is 2820. The monoisotopic (exact) mass is 683 g/mol. The summed E-state index contributed by atoms with van der Waals surface area (Å²) >= 11 is 0. The summed E-state index contributed by atoms with van der Waals surface area (Å²) in [5.74, 6) is 1.67. The van der Waals surface area contributed by atoms with Gasteiger partial charge in [-0.3, -0.25) is 4.99 Å². The van der Waals surface area contributed by atoms with Crippen LogP contribution in [0.4, 0.5) is 0 Å². The van der Waals surface area contributed by atoms with E-state index >= 15 is 0 Å². The van der Waals surface area contributed by atoms with Gasteiger partial charge in [-0.15, -0.1) is 0 Å². The molecule has 8 aromatic rings. The molecule has 0 radical (unpaired) electrons. The molecule has 0 amide bonds. The maximum atomic E-state index is 6.55. The molecule has 1 aliphatic rings. The van der Waals surface area contributed by atoms with Crippen LogP contribution in [0, 0.1) is 5.92 Å². The maximum Gasteiger partial charge on any atom is 0.161 e. The number of hydrogen-bond donors (Lipinski definition) is 0. The fourth-order valence-electron chi connectivity index (χ4n) is 7.45. The van der Waals surface area contributed by atoms with E-state index in [4.69, 9.17) is 14.4 Å². The van der Waals surface area contributed by atoms with Crippen molar-refractivity contribution in [1.82, 2.24) is 0 Å². The predicted octanol–water partition coefficient (Wildman–Crippen LogP) is 12.8. The van der Waals surface area contributed by atoms with Gasteiger partial charge in [0.15, 0.2) is 11.7 Å². The van der Waals surface area contributed by atoms with Crippen molar-refractivity contribution in [3.05, 3.63) is 181 Å². The van der Waals surface area contributed by atoms with Crippen LogP contribution in [0.1, 0.15) is 24.5 Å². The molecular weight excluding hydrogens is 647 g/mol. The number of nitrogens with zero attached hydrogens (tertiary/aromatic N) is 3. The molecule has 1 atom stereocenters. The van der Waals surface area contributed by atoms with Crippen LogP contribution < -0.4 is 0 Å². The summed E-state index contributed by atoms with van der Waals surface area (Å²) < 4.78 is 6.55. The molecule has 0 spiro atoms. The molecule has 1 aliphatic carbocycles. The van der Waals surface area contributed by atoms with Gasteiger partial charge in [-0.1, -0.05) is 140 Å². The summed E-state index contributed by atoms with van der Waals surface area (Å²) in [6, 6.07) is 51.0. The van der Waals surface area contributed by atoms with E-state index in [1.54, 1.807) is 0 Å². The second kappa shape index (κ2) is 13.8. The van der Waals surface area contributed by atoms with Crippen LogP contribution >= 0.6 is 0 Å². The van der Waals surface area contributed by atoms with E-state index in [-0.39, 0.29) is 0 Å². The van der Waals surface area contributed by atoms with Gasteiger partial charge in [-0.25, -0.2) is 9.98 Å². The minimum Gasteiger partial charge on any atom is -0.456 e. The Hall–Kier alpha value is -6.65. The SMILES string of the molecule is C=NC(=NC(=NCc1ccccc1)C1=CCC(C)C=C1)c1ccc(-c2cc(-c3ccc4ccccc4c3)cc3oc4ccccc4c23)c2ccccc12. The highest BCUT2D eigenvalue weighted by atomic mass is 16.3. The lowest BCUT2D eigenvalue weighted by molar-refractivity contribution is 0.669. The van der Waals surface area contributed by atoms with E-state index in [1.807, 2.05) is 30.3 Å². The summed E-state index contributed by atoms with van der Waals surface area (Å²) in [4.78, 5) is 14.7. The zero-order valence-corrected chi connectivity index (χ0v) is 29.5. The zero-order chi connectivity index (χ0) is 35.7. The number of hydrogen-bond acceptors (Lipinski definition) is 2. The normalized spacial score (nSPS) is 15.0. The van der Waals surface area contributed by atoms with E-state index in [2.05, 4.69) is 152 Å². The minimum absolute atomic E-state index is 0.477. The summed E-state index contributed by atoms with van der Waals surface area (Å²) in [5, 5.41) is 6.74. The van der Waals surface area contributed by atoms with Gasteiger partial charge in [0, 0.05) is 21.9 Å². The molecule has 1 unspecified atom stereocenters. The number of amidine groups is 2. The average Bonchev–Trinajstić information content (AvgIpc) is 3.60. The summed E-state index contributed by atoms with van der Waals surface area (Å²) in [6.07, 6.45) is 7.52. The molecule has 4 nitrogen and oxygen atoms in total. The van der Waals surface area contributed by atoms with Crippen LogP contribution in [0.5, 0.6) is 0 Å². The van der Waals surface area contributed by atoms with Crippen molar-refractivity contribution in [2.24, 2.45) is 20.9 Å². The van der Waals surface area contributed by atoms with Gasteiger partial charge in [0.2, 0.25) is 0 Å². The quantitative estimate of drug-likeness (QED) is 0.127. The molecule has 0 bridgehead atoms. The van der Waals surface area contributed by atoms with E-state index in [0.717, 1.165) is 78.1 Å². The molecule has 0 aliphatic heterocycles. The van der Waals surface area contributed by atoms with Crippen molar-refractivity contribution < 1.29 is 4.42 Å². The summed E-state index contributed by atoms with van der Waals surface area (Å²) in [7, 11) is 0. The first kappa shape index (κ1) is 32.3. The molecule has 7 aromatic carbocycles. The van der Waals surface area contributed by atoms with Gasteiger partial charge in [0.25, 0.3) is 0 Å². The molecule has 0 fully saturated rings. The van der Waals surface area contributed by atoms with Crippen LogP contribution in [0.15, 0.2) is 189 Å². The third kappa shape index (κ3) is 6.19. The van der Waals surface area contributed by atoms with E-state index in [9.17, 15) is 0 Å². The standard InChI is InChI=1S/C49H37N3O/c1-32-20-22-35(23-21-32)48(51-31-33-12-4-3-5-13-33)52-49(50-2)42-27-26-41(39-16-8-9-17-40(39)42)44-29-38(37-25-24-34-14-6-7-15-36(34)28-37)30-46-47(44)43-18-10-11-19-45(43)53-46/h3-20,22-30,32H,2,21,31H2,1H3. The molecule has 254 valence electrons. The molecule has 9 rings (SSSR count). The Labute approximate surface area is 308 Å². The molecule has 53 heavy (non-hydrogen) atoms. The molecule has 1 heterocycles. The van der Waals surface area contributed by atoms with E-state index in [1.165, 1.54) is 10.8 Å². The third-order valence-electron chi connectivity index (χ3n) is 10.2. The van der Waals surface area contributed by atoms with Crippen molar-refractivity contribution in [1.29, 1.82) is 0 Å². The lowest BCUT2D eigenvalue weighted by atomic mass is 9.89. The minimum atomic E-state index is 0.477. The molecule has 1 aromatic heterocycles. The van der Waals surface area contributed by atoms with Crippen molar-refractivity contribution in [2.45, 2.75) is 19.9 Å². The number of para-hydroxylation sites is 1. The maximum absolute atomic E-state index is 6.55. The lowest BCUT2D eigenvalue weighted by Gasteiger charge is -2.15. The van der Waals surface area contributed by atoms with Crippen LogP contribution in [0.3, 0.4) is 0 Å². The van der Waals surface area contributed by atoms with Crippen molar-refractivity contribution in [3.8, 4) is 22.3 Å². The number of benzene rings is 7. The highest BCUT2D eigenvalue weighted by molar-refractivity contribution is 6.21. The van der Waals surface area contributed by atoms with Crippen molar-refractivity contribution in [2.75, 3.05) is 0 Å². The Morgan fingerprint density at radius 1 is 0.660 bits per heavy atom. The number of furan rings is 1.